The van der Waals surface area contributed by atoms with Crippen LogP contribution in [0.4, 0.5) is 11.5 Å². The average molecular weight is 280 g/mol. The second-order valence-electron chi connectivity index (χ2n) is 3.74. The monoisotopic (exact) mass is 280 g/mol. The van der Waals surface area contributed by atoms with Crippen molar-refractivity contribution in [3.63, 3.8) is 0 Å². The quantitative estimate of drug-likeness (QED) is 0.561. The molecule has 0 aliphatic rings. The predicted octanol–water partition coefficient (Wildman–Crippen LogP) is 0.399. The number of ether oxygens (including phenoxy) is 1. The first-order valence-corrected chi connectivity index (χ1v) is 5.49. The molecule has 9 nitrogen and oxygen atoms in total. The van der Waals surface area contributed by atoms with Crippen molar-refractivity contribution in [1.29, 1.82) is 5.26 Å². The van der Waals surface area contributed by atoms with E-state index in [9.17, 15) is 14.9 Å². The molecule has 0 bridgehead atoms. The number of nitriles is 1. The van der Waals surface area contributed by atoms with Crippen LogP contribution in [0.3, 0.4) is 0 Å². The van der Waals surface area contributed by atoms with Gasteiger partial charge in [0.2, 0.25) is 0 Å². The number of methoxy groups -OCH3 is 1. The smallest absolute Gasteiger partial charge is 0.323 e. The van der Waals surface area contributed by atoms with E-state index in [-0.39, 0.29) is 36.8 Å². The molecule has 9 heteroatoms. The summed E-state index contributed by atoms with van der Waals surface area (Å²) in [5.74, 6) is -1.03. The summed E-state index contributed by atoms with van der Waals surface area (Å²) in [5, 5.41) is 28.5. The summed E-state index contributed by atoms with van der Waals surface area (Å²) < 4.78 is 4.86. The number of nitro groups is 1. The zero-order chi connectivity index (χ0) is 15.1. The van der Waals surface area contributed by atoms with Crippen LogP contribution in [-0.2, 0) is 9.53 Å². The molecule has 1 aromatic rings. The van der Waals surface area contributed by atoms with Crippen molar-refractivity contribution in [3.8, 4) is 6.07 Å². The van der Waals surface area contributed by atoms with Gasteiger partial charge >= 0.3 is 5.97 Å². The van der Waals surface area contributed by atoms with Crippen LogP contribution in [-0.4, -0.2) is 47.8 Å². The van der Waals surface area contributed by atoms with Crippen LogP contribution in [0.1, 0.15) is 5.56 Å². The molecule has 0 radical (unpaired) electrons. The zero-order valence-electron chi connectivity index (χ0n) is 10.6. The average Bonchev–Trinajstić information content (AvgIpc) is 2.42. The Morgan fingerprint density at radius 1 is 1.70 bits per heavy atom. The summed E-state index contributed by atoms with van der Waals surface area (Å²) in [5.41, 5.74) is -0.385. The number of hydrogen-bond acceptors (Lipinski definition) is 7. The normalized spacial score (nSPS) is 9.80. The van der Waals surface area contributed by atoms with Crippen LogP contribution in [0.2, 0.25) is 0 Å². The minimum atomic E-state index is -1.11. The molecule has 1 N–H and O–H groups in total. The molecule has 1 heterocycles. The molecule has 0 saturated carbocycles. The van der Waals surface area contributed by atoms with Gasteiger partial charge < -0.3 is 14.7 Å². The Labute approximate surface area is 114 Å². The Morgan fingerprint density at radius 2 is 2.40 bits per heavy atom. The maximum absolute atomic E-state index is 10.8. The zero-order valence-corrected chi connectivity index (χ0v) is 10.6. The minimum absolute atomic E-state index is 0.0587. The van der Waals surface area contributed by atoms with Gasteiger partial charge in [-0.15, -0.1) is 0 Å². The molecule has 0 amide bonds. The van der Waals surface area contributed by atoms with E-state index in [2.05, 4.69) is 4.98 Å². The molecular formula is C11H12N4O5. The molecule has 20 heavy (non-hydrogen) atoms. The second-order valence-corrected chi connectivity index (χ2v) is 3.74. The molecule has 0 unspecified atom stereocenters. The topological polar surface area (TPSA) is 130 Å². The highest BCUT2D eigenvalue weighted by Crippen LogP contribution is 2.21. The van der Waals surface area contributed by atoms with Crippen molar-refractivity contribution in [2.45, 2.75) is 0 Å². The van der Waals surface area contributed by atoms with E-state index in [4.69, 9.17) is 15.1 Å². The van der Waals surface area contributed by atoms with Gasteiger partial charge in [0.25, 0.3) is 5.69 Å². The van der Waals surface area contributed by atoms with Crippen molar-refractivity contribution in [2.75, 3.05) is 31.7 Å². The molecule has 0 saturated heterocycles. The molecule has 106 valence electrons. The largest absolute Gasteiger partial charge is 0.480 e. The van der Waals surface area contributed by atoms with Crippen molar-refractivity contribution >= 4 is 17.5 Å². The second kappa shape index (κ2) is 7.01. The van der Waals surface area contributed by atoms with Gasteiger partial charge in [0, 0.05) is 19.7 Å². The highest BCUT2D eigenvalue weighted by Gasteiger charge is 2.19. The number of carboxylic acids is 1. The number of aliphatic carboxylic acids is 1. The summed E-state index contributed by atoms with van der Waals surface area (Å²) in [7, 11) is 1.45. The first kappa shape index (κ1) is 15.3. The maximum atomic E-state index is 10.8. The Kier molecular flexibility index (Phi) is 5.37. The van der Waals surface area contributed by atoms with Crippen molar-refractivity contribution in [2.24, 2.45) is 0 Å². The number of hydrogen-bond donors (Lipinski definition) is 1. The summed E-state index contributed by atoms with van der Waals surface area (Å²) in [4.78, 5) is 25.9. The Morgan fingerprint density at radius 3 is 2.90 bits per heavy atom. The van der Waals surface area contributed by atoms with Crippen LogP contribution >= 0.6 is 0 Å². The fourth-order valence-corrected chi connectivity index (χ4v) is 1.51. The summed E-state index contributed by atoms with van der Waals surface area (Å²) in [6.07, 6.45) is 0.984. The fourth-order valence-electron chi connectivity index (χ4n) is 1.51. The van der Waals surface area contributed by atoms with Crippen LogP contribution in [0.25, 0.3) is 0 Å². The number of anilines is 1. The third-order valence-electron chi connectivity index (χ3n) is 2.37. The number of rotatable bonds is 7. The van der Waals surface area contributed by atoms with Crippen LogP contribution in [0.15, 0.2) is 12.3 Å². The minimum Gasteiger partial charge on any atom is -0.480 e. The molecule has 0 fully saturated rings. The number of pyridine rings is 1. The Balaban J connectivity index is 3.15. The van der Waals surface area contributed by atoms with Crippen LogP contribution in [0.5, 0.6) is 0 Å². The van der Waals surface area contributed by atoms with E-state index in [0.29, 0.717) is 0 Å². The van der Waals surface area contributed by atoms with Gasteiger partial charge in [-0.2, -0.15) is 5.26 Å². The first-order valence-electron chi connectivity index (χ1n) is 5.49. The Bertz CT molecular complexity index is 554. The number of carboxylic acid groups (broad SMARTS) is 1. The Hall–Kier alpha value is -2.73. The highest BCUT2D eigenvalue weighted by molar-refractivity contribution is 5.74. The van der Waals surface area contributed by atoms with Gasteiger partial charge in [0.05, 0.1) is 11.5 Å². The third kappa shape index (κ3) is 3.89. The molecule has 0 spiro atoms. The van der Waals surface area contributed by atoms with E-state index in [1.807, 2.05) is 0 Å². The summed E-state index contributed by atoms with van der Waals surface area (Å²) in [6.45, 7) is 0.0436. The standard InChI is InChI=1S/C11H12N4O5/c1-20-3-2-14(7-10(16)17)11-8(5-12)4-9(6-13-11)15(18)19/h4,6H,2-3,7H2,1H3,(H,16,17). The lowest BCUT2D eigenvalue weighted by Crippen LogP contribution is -2.34. The predicted molar refractivity (Wildman–Crippen MR) is 67.3 cm³/mol. The van der Waals surface area contributed by atoms with Gasteiger partial charge in [-0.25, -0.2) is 4.98 Å². The van der Waals surface area contributed by atoms with E-state index >= 15 is 0 Å². The van der Waals surface area contributed by atoms with Gasteiger partial charge in [0.1, 0.15) is 30.2 Å². The van der Waals surface area contributed by atoms with Crippen LogP contribution < -0.4 is 4.90 Å². The van der Waals surface area contributed by atoms with Crippen molar-refractivity contribution in [3.05, 3.63) is 27.9 Å². The fraction of sp³-hybridized carbons (Fsp3) is 0.364. The molecule has 1 aromatic heterocycles. The van der Waals surface area contributed by atoms with Gasteiger partial charge in [-0.1, -0.05) is 0 Å². The number of carbonyl (C=O) groups is 1. The van der Waals surface area contributed by atoms with E-state index in [1.54, 1.807) is 6.07 Å². The summed E-state index contributed by atoms with van der Waals surface area (Å²) >= 11 is 0. The molecule has 0 aliphatic heterocycles. The van der Waals surface area contributed by atoms with Gasteiger partial charge in [-0.05, 0) is 0 Å². The van der Waals surface area contributed by atoms with E-state index in [0.717, 1.165) is 12.3 Å². The van der Waals surface area contributed by atoms with E-state index < -0.39 is 10.9 Å². The summed E-state index contributed by atoms with van der Waals surface area (Å²) in [6, 6.07) is 2.84. The number of aromatic nitrogens is 1. The highest BCUT2D eigenvalue weighted by atomic mass is 16.6. The molecule has 0 aliphatic carbocycles. The van der Waals surface area contributed by atoms with Crippen molar-refractivity contribution < 1.29 is 19.6 Å². The molecular weight excluding hydrogens is 268 g/mol. The van der Waals surface area contributed by atoms with Gasteiger partial charge in [0.15, 0.2) is 0 Å². The SMILES string of the molecule is COCCN(CC(=O)O)c1ncc([N+](=O)[O-])cc1C#N. The molecule has 0 atom stereocenters. The van der Waals surface area contributed by atoms with Gasteiger partial charge in [-0.3, -0.25) is 14.9 Å². The lowest BCUT2D eigenvalue weighted by molar-refractivity contribution is -0.385. The third-order valence-corrected chi connectivity index (χ3v) is 2.37. The number of nitrogens with zero attached hydrogens (tertiary/aromatic N) is 4. The molecule has 1 rings (SSSR count). The lowest BCUT2D eigenvalue weighted by atomic mass is 10.2. The lowest BCUT2D eigenvalue weighted by Gasteiger charge is -2.21. The maximum Gasteiger partial charge on any atom is 0.323 e. The first-order chi connectivity index (χ1) is 9.49. The van der Waals surface area contributed by atoms with Crippen molar-refractivity contribution in [1.82, 2.24) is 4.98 Å². The van der Waals surface area contributed by atoms with Crippen LogP contribution in [0, 0.1) is 21.4 Å². The van der Waals surface area contributed by atoms with E-state index in [1.165, 1.54) is 12.0 Å². The molecule has 0 aromatic carbocycles.